The zero-order chi connectivity index (χ0) is 27.2. The summed E-state index contributed by atoms with van der Waals surface area (Å²) in [6.07, 6.45) is -3.19. The van der Waals surface area contributed by atoms with Crippen LogP contribution in [0, 0.1) is 11.8 Å². The Morgan fingerprint density at radius 2 is 1.87 bits per heavy atom. The summed E-state index contributed by atoms with van der Waals surface area (Å²) in [5.41, 5.74) is 3.18. The minimum absolute atomic E-state index is 0.119. The van der Waals surface area contributed by atoms with Gasteiger partial charge in [0.2, 0.25) is 5.95 Å². The zero-order valence-electron chi connectivity index (χ0n) is 20.7. The molecule has 206 valence electrons. The first-order chi connectivity index (χ1) is 18.0. The number of fused-ring (bicyclic) bond motifs is 1. The van der Waals surface area contributed by atoms with Crippen molar-refractivity contribution in [2.75, 3.05) is 29.9 Å². The van der Waals surface area contributed by atoms with Crippen molar-refractivity contribution in [2.24, 2.45) is 18.9 Å². The molecule has 2 aliphatic rings. The second-order valence-corrected chi connectivity index (χ2v) is 11.4. The van der Waals surface area contributed by atoms with Gasteiger partial charge in [0.05, 0.1) is 43.4 Å². The summed E-state index contributed by atoms with van der Waals surface area (Å²) in [6, 6.07) is 7.04. The topological polar surface area (TPSA) is 45.1 Å². The van der Waals surface area contributed by atoms with Crippen molar-refractivity contribution in [3.8, 4) is 0 Å². The standard InChI is InChI=1S/C26H28Cl3F4N5/c1-37-22-10-21(38-6-2-3-16(13-38)26(31,32)33)19(28)9-20(22)35-25(37)36-24-18(27)5-4-15(23(24)29)12-34-11-14-7-17(30)8-14/h4-5,9-10,14,16-17,34H,2-3,6-8,11-13H2,1H3,(H,35,36). The second-order valence-electron chi connectivity index (χ2n) is 10.2. The number of halogens is 7. The number of alkyl halides is 4. The van der Waals surface area contributed by atoms with Crippen LogP contribution in [0.1, 0.15) is 31.2 Å². The summed E-state index contributed by atoms with van der Waals surface area (Å²) in [5.74, 6) is -0.584. The van der Waals surface area contributed by atoms with E-state index in [-0.39, 0.29) is 13.0 Å². The van der Waals surface area contributed by atoms with E-state index >= 15 is 0 Å². The molecule has 2 heterocycles. The number of imidazole rings is 1. The molecule has 1 aliphatic heterocycles. The molecule has 38 heavy (non-hydrogen) atoms. The average Bonchev–Trinajstić information content (AvgIpc) is 3.14. The third-order valence-corrected chi connectivity index (χ3v) is 8.56. The van der Waals surface area contributed by atoms with E-state index in [1.54, 1.807) is 34.7 Å². The monoisotopic (exact) mass is 591 g/mol. The predicted molar refractivity (Wildman–Crippen MR) is 146 cm³/mol. The van der Waals surface area contributed by atoms with E-state index < -0.39 is 18.3 Å². The normalized spacial score (nSPS) is 22.1. The molecule has 5 nitrogen and oxygen atoms in total. The molecule has 1 atom stereocenters. The molecule has 2 N–H and O–H groups in total. The van der Waals surface area contributed by atoms with Crippen LogP contribution in [0.4, 0.5) is 34.9 Å². The fourth-order valence-electron chi connectivity index (χ4n) is 5.21. The van der Waals surface area contributed by atoms with Crippen LogP contribution < -0.4 is 15.5 Å². The van der Waals surface area contributed by atoms with Gasteiger partial charge in [0.15, 0.2) is 0 Å². The molecule has 5 rings (SSSR count). The Balaban J connectivity index is 1.37. The molecular formula is C26H28Cl3F4N5. The van der Waals surface area contributed by atoms with Crippen molar-refractivity contribution in [2.45, 2.75) is 44.6 Å². The lowest BCUT2D eigenvalue weighted by Gasteiger charge is -2.35. The largest absolute Gasteiger partial charge is 0.393 e. The van der Waals surface area contributed by atoms with Gasteiger partial charge in [0, 0.05) is 26.7 Å². The fourth-order valence-corrected chi connectivity index (χ4v) is 6.02. The van der Waals surface area contributed by atoms with Crippen LogP contribution in [0.3, 0.4) is 0 Å². The van der Waals surface area contributed by atoms with Crippen LogP contribution in [-0.4, -0.2) is 41.5 Å². The lowest BCUT2D eigenvalue weighted by Crippen LogP contribution is -2.41. The number of nitrogens with one attached hydrogen (secondary N) is 2. The van der Waals surface area contributed by atoms with Crippen molar-refractivity contribution >= 4 is 63.2 Å². The van der Waals surface area contributed by atoms with E-state index in [2.05, 4.69) is 15.6 Å². The van der Waals surface area contributed by atoms with Crippen molar-refractivity contribution in [3.63, 3.8) is 0 Å². The number of anilines is 3. The minimum Gasteiger partial charge on any atom is -0.370 e. The van der Waals surface area contributed by atoms with E-state index in [4.69, 9.17) is 34.8 Å². The van der Waals surface area contributed by atoms with Crippen LogP contribution in [0.2, 0.25) is 15.1 Å². The lowest BCUT2D eigenvalue weighted by atomic mass is 9.83. The summed E-state index contributed by atoms with van der Waals surface area (Å²) in [4.78, 5) is 6.33. The smallest absolute Gasteiger partial charge is 0.370 e. The number of piperidine rings is 1. The van der Waals surface area contributed by atoms with Crippen molar-refractivity contribution in [3.05, 3.63) is 44.9 Å². The molecule has 0 spiro atoms. The number of nitrogens with zero attached hydrogens (tertiary/aromatic N) is 3. The highest BCUT2D eigenvalue weighted by Gasteiger charge is 2.42. The third-order valence-electron chi connectivity index (χ3n) is 7.51. The molecule has 12 heteroatoms. The SMILES string of the molecule is Cn1c(Nc2c(Cl)ccc(CNCC3CC(F)C3)c2Cl)nc2cc(Cl)c(N3CCCC(C(F)(F)F)C3)cc21. The molecule has 1 unspecified atom stereocenters. The van der Waals surface area contributed by atoms with Gasteiger partial charge in [0.25, 0.3) is 0 Å². The number of aromatic nitrogens is 2. The molecule has 1 saturated heterocycles. The second kappa shape index (κ2) is 10.9. The fraction of sp³-hybridized carbons (Fsp3) is 0.500. The Morgan fingerprint density at radius 3 is 2.58 bits per heavy atom. The highest BCUT2D eigenvalue weighted by atomic mass is 35.5. The molecule has 0 amide bonds. The molecule has 3 aromatic rings. The number of rotatable bonds is 7. The number of hydrogen-bond acceptors (Lipinski definition) is 4. The highest BCUT2D eigenvalue weighted by molar-refractivity contribution is 6.39. The summed E-state index contributed by atoms with van der Waals surface area (Å²) in [6.45, 7) is 1.60. The van der Waals surface area contributed by atoms with Gasteiger partial charge in [-0.3, -0.25) is 0 Å². The Bertz CT molecular complexity index is 1320. The maximum atomic E-state index is 13.4. The summed E-state index contributed by atoms with van der Waals surface area (Å²) in [5, 5.41) is 7.75. The first kappa shape index (κ1) is 27.6. The van der Waals surface area contributed by atoms with Gasteiger partial charge < -0.3 is 20.1 Å². The molecular weight excluding hydrogens is 565 g/mol. The Kier molecular flexibility index (Phi) is 7.93. The van der Waals surface area contributed by atoms with Crippen molar-refractivity contribution in [1.82, 2.24) is 14.9 Å². The molecule has 1 saturated carbocycles. The minimum atomic E-state index is -4.24. The van der Waals surface area contributed by atoms with Crippen LogP contribution in [0.5, 0.6) is 0 Å². The summed E-state index contributed by atoms with van der Waals surface area (Å²) in [7, 11) is 1.80. The summed E-state index contributed by atoms with van der Waals surface area (Å²) >= 11 is 19.7. The molecule has 2 fully saturated rings. The Hall–Kier alpha value is -1.94. The molecule has 1 aromatic heterocycles. The third kappa shape index (κ3) is 5.67. The van der Waals surface area contributed by atoms with Crippen LogP contribution >= 0.6 is 34.8 Å². The van der Waals surface area contributed by atoms with Crippen molar-refractivity contribution < 1.29 is 17.6 Å². The molecule has 2 aromatic carbocycles. The zero-order valence-corrected chi connectivity index (χ0v) is 23.0. The van der Waals surface area contributed by atoms with Gasteiger partial charge in [0.1, 0.15) is 6.17 Å². The highest BCUT2D eigenvalue weighted by Crippen LogP contribution is 2.40. The van der Waals surface area contributed by atoms with Gasteiger partial charge in [-0.1, -0.05) is 40.9 Å². The first-order valence-electron chi connectivity index (χ1n) is 12.6. The van der Waals surface area contributed by atoms with Crippen LogP contribution in [0.15, 0.2) is 24.3 Å². The van der Waals surface area contributed by atoms with Crippen LogP contribution in [-0.2, 0) is 13.6 Å². The van der Waals surface area contributed by atoms with E-state index in [9.17, 15) is 17.6 Å². The van der Waals surface area contributed by atoms with Crippen molar-refractivity contribution in [1.29, 1.82) is 0 Å². The summed E-state index contributed by atoms with van der Waals surface area (Å²) < 4.78 is 55.0. The predicted octanol–water partition coefficient (Wildman–Crippen LogP) is 7.89. The van der Waals surface area contributed by atoms with Gasteiger partial charge in [-0.2, -0.15) is 13.2 Å². The van der Waals surface area contributed by atoms with Gasteiger partial charge in [-0.25, -0.2) is 9.37 Å². The van der Waals surface area contributed by atoms with Gasteiger partial charge in [-0.05, 0) is 61.9 Å². The molecule has 0 radical (unpaired) electrons. The van der Waals surface area contributed by atoms with Crippen LogP contribution in [0.25, 0.3) is 11.0 Å². The average molecular weight is 593 g/mol. The van der Waals surface area contributed by atoms with E-state index in [1.807, 2.05) is 6.07 Å². The number of aryl methyl sites for hydroxylation is 1. The quantitative estimate of drug-likeness (QED) is 0.274. The van der Waals surface area contributed by atoms with E-state index in [1.165, 1.54) is 0 Å². The maximum Gasteiger partial charge on any atom is 0.393 e. The lowest BCUT2D eigenvalue weighted by molar-refractivity contribution is -0.175. The van der Waals surface area contributed by atoms with Gasteiger partial charge >= 0.3 is 6.18 Å². The Labute approximate surface area is 233 Å². The van der Waals surface area contributed by atoms with E-state index in [0.29, 0.717) is 81.7 Å². The van der Waals surface area contributed by atoms with E-state index in [0.717, 1.165) is 12.1 Å². The Morgan fingerprint density at radius 1 is 1.11 bits per heavy atom. The van der Waals surface area contributed by atoms with Gasteiger partial charge in [-0.15, -0.1) is 0 Å². The molecule has 0 bridgehead atoms. The number of benzene rings is 2. The molecule has 1 aliphatic carbocycles. The first-order valence-corrected chi connectivity index (χ1v) is 13.7. The maximum absolute atomic E-state index is 13.4. The number of hydrogen-bond donors (Lipinski definition) is 2.